The van der Waals surface area contributed by atoms with Gasteiger partial charge in [0, 0.05) is 43.8 Å². The normalized spacial score (nSPS) is 25.5. The summed E-state index contributed by atoms with van der Waals surface area (Å²) in [7, 11) is 1.36. The molecule has 0 aromatic heterocycles. The highest BCUT2D eigenvalue weighted by atomic mass is 19.3. The van der Waals surface area contributed by atoms with Crippen LogP contribution in [-0.4, -0.2) is 49.9 Å². The number of carbonyl (C=O) groups excluding carboxylic acids is 3. The van der Waals surface area contributed by atoms with Gasteiger partial charge in [-0.05, 0) is 38.2 Å². The van der Waals surface area contributed by atoms with Gasteiger partial charge in [0.2, 0.25) is 5.78 Å². The standard InChI is InChI=1S/C30H40F2O7/c1-21(33)38-25-20-26(39-29-16-10-11-19-37-29)24(23(25)14-8-3-4-9-15-28(35)36-2)17-18-27(34)30(31,32)22-12-6-5-7-13-22/h5-7,12-13,17-18,23-26,29H,3-4,8-11,14-16,19-20H2,1-2H3/t23-,24-,25+,26-,29?/m1/s1. The van der Waals surface area contributed by atoms with E-state index in [0.717, 1.165) is 44.6 Å². The maximum atomic E-state index is 14.9. The molecule has 2 aliphatic rings. The number of hydrogen-bond acceptors (Lipinski definition) is 7. The smallest absolute Gasteiger partial charge is 0.334 e. The third kappa shape index (κ3) is 9.21. The summed E-state index contributed by atoms with van der Waals surface area (Å²) in [6.45, 7) is 1.93. The Morgan fingerprint density at radius 2 is 1.79 bits per heavy atom. The molecule has 1 saturated heterocycles. The first-order valence-electron chi connectivity index (χ1n) is 13.9. The van der Waals surface area contributed by atoms with E-state index in [9.17, 15) is 23.2 Å². The molecule has 0 N–H and O–H groups in total. The van der Waals surface area contributed by atoms with E-state index in [1.807, 2.05) is 0 Å². The quantitative estimate of drug-likeness (QED) is 0.162. The second-order valence-electron chi connectivity index (χ2n) is 10.3. The molecule has 1 aromatic rings. The predicted molar refractivity (Wildman–Crippen MR) is 140 cm³/mol. The van der Waals surface area contributed by atoms with Gasteiger partial charge in [-0.3, -0.25) is 14.4 Å². The van der Waals surface area contributed by atoms with Crippen molar-refractivity contribution in [2.45, 2.75) is 95.6 Å². The second kappa shape index (κ2) is 15.2. The van der Waals surface area contributed by atoms with Crippen molar-refractivity contribution in [2.75, 3.05) is 13.7 Å². The molecular weight excluding hydrogens is 510 g/mol. The SMILES string of the molecule is COC(=O)CCCCCC[C@@H]1[C@@H](C=CC(=O)C(F)(F)c2ccccc2)[C@H](OC2CCCCO2)C[C@@H]1OC(C)=O. The highest BCUT2D eigenvalue weighted by Gasteiger charge is 2.46. The first-order valence-corrected chi connectivity index (χ1v) is 13.9. The van der Waals surface area contributed by atoms with E-state index in [1.54, 1.807) is 6.07 Å². The molecule has 216 valence electrons. The van der Waals surface area contributed by atoms with Crippen LogP contribution in [0.3, 0.4) is 0 Å². The largest absolute Gasteiger partial charge is 0.469 e. The van der Waals surface area contributed by atoms with Gasteiger partial charge in [0.25, 0.3) is 0 Å². The number of esters is 2. The summed E-state index contributed by atoms with van der Waals surface area (Å²) < 4.78 is 52.1. The Balaban J connectivity index is 1.75. The number of carbonyl (C=O) groups is 3. The Morgan fingerprint density at radius 1 is 1.05 bits per heavy atom. The molecule has 7 nitrogen and oxygen atoms in total. The number of rotatable bonds is 14. The Morgan fingerprint density at radius 3 is 2.46 bits per heavy atom. The van der Waals surface area contributed by atoms with Crippen LogP contribution in [-0.2, 0) is 39.3 Å². The minimum Gasteiger partial charge on any atom is -0.469 e. The molecule has 1 aliphatic carbocycles. The van der Waals surface area contributed by atoms with E-state index >= 15 is 0 Å². The zero-order valence-electron chi connectivity index (χ0n) is 22.8. The maximum absolute atomic E-state index is 14.9. The lowest BCUT2D eigenvalue weighted by Gasteiger charge is -2.29. The summed E-state index contributed by atoms with van der Waals surface area (Å²) >= 11 is 0. The molecule has 9 heteroatoms. The first kappa shape index (κ1) is 30.9. The molecule has 0 radical (unpaired) electrons. The van der Waals surface area contributed by atoms with E-state index in [4.69, 9.17) is 14.2 Å². The molecule has 1 unspecified atom stereocenters. The van der Waals surface area contributed by atoms with Crippen molar-refractivity contribution in [2.24, 2.45) is 11.8 Å². The fraction of sp³-hybridized carbons (Fsp3) is 0.633. The molecular formula is C30H40F2O7. The average Bonchev–Trinajstić information content (AvgIpc) is 3.24. The molecule has 2 fully saturated rings. The maximum Gasteiger partial charge on any atom is 0.334 e. The van der Waals surface area contributed by atoms with Crippen molar-refractivity contribution in [3.05, 3.63) is 48.0 Å². The second-order valence-corrected chi connectivity index (χ2v) is 10.3. The van der Waals surface area contributed by atoms with Crippen LogP contribution >= 0.6 is 0 Å². The highest BCUT2D eigenvalue weighted by molar-refractivity contribution is 5.96. The van der Waals surface area contributed by atoms with Crippen LogP contribution in [0.5, 0.6) is 0 Å². The molecule has 39 heavy (non-hydrogen) atoms. The number of benzene rings is 1. The lowest BCUT2D eigenvalue weighted by molar-refractivity contribution is -0.193. The number of halogens is 2. The Hall–Kier alpha value is -2.65. The minimum atomic E-state index is -3.66. The van der Waals surface area contributed by atoms with Gasteiger partial charge in [0.05, 0.1) is 13.2 Å². The predicted octanol–water partition coefficient (Wildman–Crippen LogP) is 5.90. The summed E-state index contributed by atoms with van der Waals surface area (Å²) in [5.41, 5.74) is -0.365. The molecule has 1 saturated carbocycles. The van der Waals surface area contributed by atoms with E-state index in [1.165, 1.54) is 44.4 Å². The highest BCUT2D eigenvalue weighted by Crippen LogP contribution is 2.42. The van der Waals surface area contributed by atoms with E-state index in [2.05, 4.69) is 4.74 Å². The Kier molecular flexibility index (Phi) is 12.1. The van der Waals surface area contributed by atoms with E-state index in [0.29, 0.717) is 32.3 Å². The van der Waals surface area contributed by atoms with Gasteiger partial charge < -0.3 is 18.9 Å². The van der Waals surface area contributed by atoms with Crippen molar-refractivity contribution >= 4 is 17.7 Å². The third-order valence-corrected chi connectivity index (χ3v) is 7.46. The van der Waals surface area contributed by atoms with Gasteiger partial charge in [-0.1, -0.05) is 55.7 Å². The van der Waals surface area contributed by atoms with Gasteiger partial charge in [-0.25, -0.2) is 0 Å². The monoisotopic (exact) mass is 550 g/mol. The van der Waals surface area contributed by atoms with Gasteiger partial charge >= 0.3 is 17.9 Å². The van der Waals surface area contributed by atoms with Crippen molar-refractivity contribution in [3.8, 4) is 0 Å². The number of unbranched alkanes of at least 4 members (excludes halogenated alkanes) is 3. The number of methoxy groups -OCH3 is 1. The summed E-state index contributed by atoms with van der Waals surface area (Å²) in [6, 6.07) is 7.01. The number of hydrogen-bond donors (Lipinski definition) is 0. The number of alkyl halides is 2. The van der Waals surface area contributed by atoms with E-state index in [-0.39, 0.29) is 17.5 Å². The van der Waals surface area contributed by atoms with Crippen LogP contribution in [0.4, 0.5) is 8.78 Å². The number of allylic oxidation sites excluding steroid dienone is 1. The van der Waals surface area contributed by atoms with Gasteiger partial charge in [-0.2, -0.15) is 8.78 Å². The molecule has 1 aliphatic heterocycles. The van der Waals surface area contributed by atoms with Crippen LogP contribution in [0, 0.1) is 11.8 Å². The lowest BCUT2D eigenvalue weighted by atomic mass is 9.87. The molecule has 1 heterocycles. The van der Waals surface area contributed by atoms with Crippen molar-refractivity contribution in [1.29, 1.82) is 0 Å². The summed E-state index contributed by atoms with van der Waals surface area (Å²) in [4.78, 5) is 35.9. The Bertz CT molecular complexity index is 959. The first-order chi connectivity index (χ1) is 18.7. The van der Waals surface area contributed by atoms with Gasteiger partial charge in [-0.15, -0.1) is 0 Å². The van der Waals surface area contributed by atoms with Gasteiger partial charge in [0.15, 0.2) is 6.29 Å². The fourth-order valence-corrected chi connectivity index (χ4v) is 5.44. The number of ketones is 1. The summed E-state index contributed by atoms with van der Waals surface area (Å²) in [5.74, 6) is -6.26. The minimum absolute atomic E-state index is 0.211. The Labute approximate surface area is 229 Å². The molecule has 5 atom stereocenters. The summed E-state index contributed by atoms with van der Waals surface area (Å²) in [6.07, 6.45) is 8.34. The molecule has 0 spiro atoms. The number of ether oxygens (including phenoxy) is 4. The van der Waals surface area contributed by atoms with Gasteiger partial charge in [0.1, 0.15) is 6.10 Å². The van der Waals surface area contributed by atoms with Crippen LogP contribution in [0.1, 0.15) is 76.7 Å². The van der Waals surface area contributed by atoms with Crippen LogP contribution < -0.4 is 0 Å². The molecule has 3 rings (SSSR count). The van der Waals surface area contributed by atoms with Crippen molar-refractivity contribution in [1.82, 2.24) is 0 Å². The van der Waals surface area contributed by atoms with E-state index < -0.39 is 42.1 Å². The third-order valence-electron chi connectivity index (χ3n) is 7.46. The molecule has 0 bridgehead atoms. The zero-order chi connectivity index (χ0) is 28.3. The topological polar surface area (TPSA) is 88.1 Å². The van der Waals surface area contributed by atoms with Crippen LogP contribution in [0.15, 0.2) is 42.5 Å². The molecule has 1 aromatic carbocycles. The average molecular weight is 551 g/mol. The zero-order valence-corrected chi connectivity index (χ0v) is 22.8. The summed E-state index contributed by atoms with van der Waals surface area (Å²) in [5, 5.41) is 0. The fourth-order valence-electron chi connectivity index (χ4n) is 5.44. The molecule has 0 amide bonds. The van der Waals surface area contributed by atoms with Crippen molar-refractivity contribution in [3.63, 3.8) is 0 Å². The van der Waals surface area contributed by atoms with Crippen molar-refractivity contribution < 1.29 is 42.1 Å². The van der Waals surface area contributed by atoms with Crippen LogP contribution in [0.2, 0.25) is 0 Å². The lowest BCUT2D eigenvalue weighted by Crippen LogP contribution is -2.31. The van der Waals surface area contributed by atoms with Crippen LogP contribution in [0.25, 0.3) is 0 Å².